The van der Waals surface area contributed by atoms with E-state index in [0.717, 1.165) is 45.9 Å². The van der Waals surface area contributed by atoms with Gasteiger partial charge in [0.25, 0.3) is 5.91 Å². The van der Waals surface area contributed by atoms with Crippen LogP contribution in [-0.4, -0.2) is 53.8 Å². The number of benzene rings is 1. The molecule has 1 saturated heterocycles. The second-order valence-corrected chi connectivity index (χ2v) is 11.9. The molecule has 2 aliphatic rings. The number of hydrogen-bond acceptors (Lipinski definition) is 7. The molecule has 2 aromatic heterocycles. The van der Waals surface area contributed by atoms with Gasteiger partial charge in [-0.2, -0.15) is 0 Å². The van der Waals surface area contributed by atoms with Crippen LogP contribution >= 0.6 is 11.3 Å². The maximum Gasteiger partial charge on any atom is 0.254 e. The third-order valence-corrected chi connectivity index (χ3v) is 8.76. The van der Waals surface area contributed by atoms with Crippen molar-refractivity contribution in [3.05, 3.63) is 45.4 Å². The smallest absolute Gasteiger partial charge is 0.254 e. The predicted octanol–water partition coefficient (Wildman–Crippen LogP) is 5.09. The summed E-state index contributed by atoms with van der Waals surface area (Å²) in [6.07, 6.45) is 3.04. The third-order valence-electron chi connectivity index (χ3n) is 7.28. The Labute approximate surface area is 209 Å². The number of hydrogen-bond donors (Lipinski definition) is 1. The monoisotopic (exact) mass is 492 g/mol. The Hall–Kier alpha value is -3.00. The number of aromatic nitrogens is 2. The maximum absolute atomic E-state index is 13.5. The highest BCUT2D eigenvalue weighted by atomic mass is 32.1. The molecule has 1 aliphatic carbocycles. The van der Waals surface area contributed by atoms with Crippen LogP contribution in [0.2, 0.25) is 0 Å². The van der Waals surface area contributed by atoms with Crippen LogP contribution in [0.25, 0.3) is 10.9 Å². The molecule has 0 unspecified atom stereocenters. The summed E-state index contributed by atoms with van der Waals surface area (Å²) in [6, 6.07) is 7.48. The minimum Gasteiger partial charge on any atom is -0.496 e. The van der Waals surface area contributed by atoms with Gasteiger partial charge in [-0.1, -0.05) is 20.8 Å². The topological polar surface area (TPSA) is 84.4 Å². The lowest BCUT2D eigenvalue weighted by atomic mass is 9.68. The lowest BCUT2D eigenvalue weighted by Crippen LogP contribution is -2.46. The van der Waals surface area contributed by atoms with Crippen molar-refractivity contribution in [2.45, 2.75) is 51.9 Å². The number of nitrogens with zero attached hydrogens (tertiary/aromatic N) is 3. The van der Waals surface area contributed by atoms with E-state index in [1.807, 2.05) is 30.1 Å². The molecule has 3 aromatic rings. The van der Waals surface area contributed by atoms with Gasteiger partial charge in [0.15, 0.2) is 5.78 Å². The first kappa shape index (κ1) is 23.7. The van der Waals surface area contributed by atoms with Gasteiger partial charge in [0.2, 0.25) is 0 Å². The number of fused-ring (bicyclic) bond motifs is 2. The van der Waals surface area contributed by atoms with Gasteiger partial charge in [-0.15, -0.1) is 11.3 Å². The summed E-state index contributed by atoms with van der Waals surface area (Å²) in [5.41, 5.74) is 1.84. The Bertz CT molecular complexity index is 1320. The number of nitrogens with one attached hydrogen (secondary N) is 1. The first-order chi connectivity index (χ1) is 16.6. The SMILES string of the molecule is CNc1ccc2c(OC)cc(C(=O)N3CCC4(CC3)CC(=O)c3nc(C(C)(C)C)sc3C4)cc2n1. The molecule has 1 N–H and O–H groups in total. The predicted molar refractivity (Wildman–Crippen MR) is 139 cm³/mol. The number of ketones is 1. The fraction of sp³-hybridized carbons (Fsp3) is 0.481. The Balaban J connectivity index is 1.35. The van der Waals surface area contributed by atoms with Crippen LogP contribution < -0.4 is 10.1 Å². The average Bonchev–Trinajstić information content (AvgIpc) is 3.28. The molecule has 0 radical (unpaired) electrons. The first-order valence-electron chi connectivity index (χ1n) is 12.1. The fourth-order valence-corrected chi connectivity index (χ4v) is 6.50. The number of anilines is 1. The zero-order valence-electron chi connectivity index (χ0n) is 21.0. The summed E-state index contributed by atoms with van der Waals surface area (Å²) in [4.78, 5) is 38.8. The summed E-state index contributed by atoms with van der Waals surface area (Å²) in [5, 5.41) is 4.94. The first-order valence-corrected chi connectivity index (χ1v) is 12.9. The zero-order chi connectivity index (χ0) is 25.0. The van der Waals surface area contributed by atoms with E-state index in [0.29, 0.717) is 36.5 Å². The Morgan fingerprint density at radius 1 is 1.14 bits per heavy atom. The van der Waals surface area contributed by atoms with Crippen LogP contribution in [0, 0.1) is 5.41 Å². The molecule has 1 spiro atoms. The van der Waals surface area contributed by atoms with E-state index in [1.54, 1.807) is 24.5 Å². The summed E-state index contributed by atoms with van der Waals surface area (Å²) >= 11 is 1.69. The van der Waals surface area contributed by atoms with Crippen LogP contribution in [0.1, 0.15) is 70.8 Å². The van der Waals surface area contributed by atoms with Crippen LogP contribution in [0.5, 0.6) is 5.75 Å². The number of rotatable bonds is 3. The van der Waals surface area contributed by atoms with E-state index in [1.165, 1.54) is 0 Å². The summed E-state index contributed by atoms with van der Waals surface area (Å²) in [5.74, 6) is 1.51. The number of methoxy groups -OCH3 is 1. The van der Waals surface area contributed by atoms with E-state index in [2.05, 4.69) is 31.1 Å². The molecule has 184 valence electrons. The Kier molecular flexibility index (Phi) is 5.82. The zero-order valence-corrected chi connectivity index (χ0v) is 21.8. The van der Waals surface area contributed by atoms with Gasteiger partial charge in [-0.25, -0.2) is 9.97 Å². The number of amides is 1. The van der Waals surface area contributed by atoms with Crippen molar-refractivity contribution >= 4 is 39.7 Å². The fourth-order valence-electron chi connectivity index (χ4n) is 5.19. The molecule has 1 fully saturated rings. The van der Waals surface area contributed by atoms with Crippen molar-refractivity contribution in [2.24, 2.45) is 5.41 Å². The number of likely N-dealkylation sites (tertiary alicyclic amines) is 1. The summed E-state index contributed by atoms with van der Waals surface area (Å²) < 4.78 is 5.57. The molecular formula is C27H32N4O3S. The second kappa shape index (κ2) is 8.59. The number of carbonyl (C=O) groups is 2. The van der Waals surface area contributed by atoms with Crippen molar-refractivity contribution < 1.29 is 14.3 Å². The van der Waals surface area contributed by atoms with Crippen molar-refractivity contribution in [3.8, 4) is 5.75 Å². The molecule has 35 heavy (non-hydrogen) atoms. The number of ether oxygens (including phenoxy) is 1. The van der Waals surface area contributed by atoms with E-state index in [-0.39, 0.29) is 22.5 Å². The molecule has 1 aromatic carbocycles. The molecule has 8 heteroatoms. The standard InChI is InChI=1S/C27H32N4O3S/c1-26(2,3)25-30-23-19(32)14-27(15-21(23)35-25)8-10-31(11-9-27)24(33)16-12-18-17(20(13-16)34-5)6-7-22(28-4)29-18/h6-7,12-13H,8-11,14-15H2,1-5H3,(H,28,29). The van der Waals surface area contributed by atoms with E-state index >= 15 is 0 Å². The van der Waals surface area contributed by atoms with Crippen molar-refractivity contribution in [2.75, 3.05) is 32.6 Å². The van der Waals surface area contributed by atoms with Crippen molar-refractivity contribution in [1.29, 1.82) is 0 Å². The minimum atomic E-state index is -0.0765. The molecule has 5 rings (SSSR count). The summed E-state index contributed by atoms with van der Waals surface area (Å²) in [6.45, 7) is 7.68. The number of thiazole rings is 1. The lowest BCUT2D eigenvalue weighted by Gasteiger charge is -2.43. The number of Topliss-reactive ketones (excluding diaryl/α,β-unsaturated/α-hetero) is 1. The molecule has 0 atom stereocenters. The molecule has 7 nitrogen and oxygen atoms in total. The molecule has 0 bridgehead atoms. The van der Waals surface area contributed by atoms with Gasteiger partial charge in [0.1, 0.15) is 17.3 Å². The normalized spacial score (nSPS) is 17.5. The number of piperidine rings is 1. The molecule has 3 heterocycles. The summed E-state index contributed by atoms with van der Waals surface area (Å²) in [7, 11) is 3.43. The van der Waals surface area contributed by atoms with Gasteiger partial charge in [0.05, 0.1) is 17.6 Å². The van der Waals surface area contributed by atoms with Gasteiger partial charge in [-0.3, -0.25) is 9.59 Å². The highest BCUT2D eigenvalue weighted by Crippen LogP contribution is 2.46. The van der Waals surface area contributed by atoms with Gasteiger partial charge in [-0.05, 0) is 48.9 Å². The lowest BCUT2D eigenvalue weighted by molar-refractivity contribution is 0.0522. The highest BCUT2D eigenvalue weighted by molar-refractivity contribution is 7.12. The third kappa shape index (κ3) is 4.29. The molecule has 1 amide bonds. The van der Waals surface area contributed by atoms with E-state index in [4.69, 9.17) is 9.72 Å². The van der Waals surface area contributed by atoms with Gasteiger partial charge >= 0.3 is 0 Å². The largest absolute Gasteiger partial charge is 0.496 e. The highest BCUT2D eigenvalue weighted by Gasteiger charge is 2.44. The number of carbonyl (C=O) groups excluding carboxylic acids is 2. The second-order valence-electron chi connectivity index (χ2n) is 10.8. The quantitative estimate of drug-likeness (QED) is 0.548. The van der Waals surface area contributed by atoms with Crippen LogP contribution in [0.4, 0.5) is 5.82 Å². The molecule has 0 saturated carbocycles. The molecular weight excluding hydrogens is 460 g/mol. The van der Waals surface area contributed by atoms with Crippen LogP contribution in [-0.2, 0) is 11.8 Å². The molecule has 1 aliphatic heterocycles. The average molecular weight is 493 g/mol. The van der Waals surface area contributed by atoms with Gasteiger partial charge in [0, 0.05) is 47.8 Å². The van der Waals surface area contributed by atoms with Gasteiger partial charge < -0.3 is 15.0 Å². The van der Waals surface area contributed by atoms with E-state index < -0.39 is 0 Å². The van der Waals surface area contributed by atoms with E-state index in [9.17, 15) is 9.59 Å². The maximum atomic E-state index is 13.5. The minimum absolute atomic E-state index is 0.0210. The van der Waals surface area contributed by atoms with Crippen molar-refractivity contribution in [1.82, 2.24) is 14.9 Å². The Morgan fingerprint density at radius 3 is 2.54 bits per heavy atom. The van der Waals surface area contributed by atoms with Crippen LogP contribution in [0.3, 0.4) is 0 Å². The number of pyridine rings is 1. The van der Waals surface area contributed by atoms with Crippen LogP contribution in [0.15, 0.2) is 24.3 Å². The Morgan fingerprint density at radius 2 is 1.89 bits per heavy atom. The van der Waals surface area contributed by atoms with Crippen molar-refractivity contribution in [3.63, 3.8) is 0 Å².